The average molecular weight is 955 g/mol. The summed E-state index contributed by atoms with van der Waals surface area (Å²) in [6.07, 6.45) is 17.7. The van der Waals surface area contributed by atoms with E-state index in [-0.39, 0.29) is 0 Å². The summed E-state index contributed by atoms with van der Waals surface area (Å²) in [5.41, 5.74) is 19.6. The van der Waals surface area contributed by atoms with Gasteiger partial charge < -0.3 is 10.2 Å². The highest BCUT2D eigenvalue weighted by Gasteiger charge is 2.15. The third-order valence-corrected chi connectivity index (χ3v) is 14.3. The Kier molecular flexibility index (Phi) is 17.5. The lowest BCUT2D eigenvalue weighted by Gasteiger charge is -2.26. The predicted molar refractivity (Wildman–Crippen MR) is 314 cm³/mol. The molecule has 0 fully saturated rings. The highest BCUT2D eigenvalue weighted by Crippen LogP contribution is 2.38. The van der Waals surface area contributed by atoms with Crippen LogP contribution in [-0.4, -0.2) is 5.75 Å². The summed E-state index contributed by atoms with van der Waals surface area (Å²) in [5, 5.41) is 3.84. The summed E-state index contributed by atoms with van der Waals surface area (Å²) < 4.78 is 0. The second-order valence-electron chi connectivity index (χ2n) is 18.7. The van der Waals surface area contributed by atoms with E-state index in [0.717, 1.165) is 59.7 Å². The number of thioether (sulfide) groups is 1. The van der Waals surface area contributed by atoms with E-state index in [1.54, 1.807) is 0 Å². The van der Waals surface area contributed by atoms with E-state index in [1.807, 2.05) is 11.8 Å². The monoisotopic (exact) mass is 954 g/mol. The Morgan fingerprint density at radius 2 is 0.917 bits per heavy atom. The first-order valence-corrected chi connectivity index (χ1v) is 26.9. The maximum atomic E-state index is 3.84. The Morgan fingerprint density at radius 3 is 1.54 bits per heavy atom. The zero-order chi connectivity index (χ0) is 49.2. The van der Waals surface area contributed by atoms with Crippen molar-refractivity contribution < 1.29 is 0 Å². The minimum absolute atomic E-state index is 0.880. The summed E-state index contributed by atoms with van der Waals surface area (Å²) in [6, 6.07) is 81.9. The molecule has 358 valence electrons. The molecule has 0 aliphatic rings. The Balaban J connectivity index is 0.860. The number of rotatable bonds is 22. The molecule has 9 aromatic carbocycles. The average Bonchev–Trinajstić information content (AvgIpc) is 3.43. The van der Waals surface area contributed by atoms with Crippen molar-refractivity contribution in [2.24, 2.45) is 0 Å². The first-order valence-electron chi connectivity index (χ1n) is 25.9. The zero-order valence-corrected chi connectivity index (χ0v) is 42.7. The normalized spacial score (nSPS) is 11.4. The van der Waals surface area contributed by atoms with Crippen molar-refractivity contribution in [2.75, 3.05) is 16.0 Å². The molecule has 0 spiro atoms. The van der Waals surface area contributed by atoms with Gasteiger partial charge in [-0.25, -0.2) is 0 Å². The lowest BCUT2D eigenvalue weighted by molar-refractivity contribution is 0.795. The van der Waals surface area contributed by atoms with E-state index < -0.39 is 0 Å². The van der Waals surface area contributed by atoms with Crippen molar-refractivity contribution in [2.45, 2.75) is 70.1 Å². The highest BCUT2D eigenvalue weighted by molar-refractivity contribution is 7.99. The largest absolute Gasteiger partial charge is 0.355 e. The highest BCUT2D eigenvalue weighted by atomic mass is 32.2. The van der Waals surface area contributed by atoms with Gasteiger partial charge in [0.1, 0.15) is 0 Å². The number of benzene rings is 9. The molecular formula is C69H66N2S. The number of anilines is 5. The molecule has 1 N–H and O–H groups in total. The van der Waals surface area contributed by atoms with E-state index in [2.05, 4.69) is 273 Å². The van der Waals surface area contributed by atoms with Gasteiger partial charge in [0.25, 0.3) is 0 Å². The third-order valence-electron chi connectivity index (χ3n) is 13.3. The fraction of sp³-hybridized carbons (Fsp3) is 0.159. The van der Waals surface area contributed by atoms with Crippen molar-refractivity contribution in [3.8, 4) is 11.1 Å². The van der Waals surface area contributed by atoms with Gasteiger partial charge in [0.2, 0.25) is 0 Å². The number of nitrogens with zero attached hydrogens (tertiary/aromatic N) is 1. The maximum Gasteiger partial charge on any atom is 0.0472 e. The molecular weight excluding hydrogens is 889 g/mol. The first kappa shape index (κ1) is 49.4. The molecule has 0 heterocycles. The van der Waals surface area contributed by atoms with Crippen molar-refractivity contribution in [1.82, 2.24) is 0 Å². The Labute approximate surface area is 433 Å². The molecule has 0 aromatic heterocycles. The molecule has 0 atom stereocenters. The molecule has 72 heavy (non-hydrogen) atoms. The smallest absolute Gasteiger partial charge is 0.0472 e. The van der Waals surface area contributed by atoms with Gasteiger partial charge in [0, 0.05) is 44.6 Å². The van der Waals surface area contributed by atoms with Crippen molar-refractivity contribution >= 4 is 64.5 Å². The number of para-hydroxylation sites is 1. The van der Waals surface area contributed by atoms with Crippen molar-refractivity contribution in [1.29, 1.82) is 0 Å². The van der Waals surface area contributed by atoms with Crippen molar-refractivity contribution in [3.05, 3.63) is 275 Å². The van der Waals surface area contributed by atoms with Crippen LogP contribution in [0.2, 0.25) is 0 Å². The van der Waals surface area contributed by atoms with E-state index in [9.17, 15) is 0 Å². The number of nitrogens with one attached hydrogen (secondary N) is 1. The summed E-state index contributed by atoms with van der Waals surface area (Å²) in [5.74, 6) is 1.04. The van der Waals surface area contributed by atoms with Gasteiger partial charge in [-0.2, -0.15) is 0 Å². The van der Waals surface area contributed by atoms with Gasteiger partial charge in [-0.1, -0.05) is 215 Å². The minimum Gasteiger partial charge on any atom is -0.355 e. The Morgan fingerprint density at radius 1 is 0.403 bits per heavy atom. The second kappa shape index (κ2) is 25.5. The standard InChI is InChI=1S/C69H66N2S/c1-3-5-16-54-36-43-63(44-37-54)71(65-23-15-24-66(52-65)72-49-48-53-18-9-7-10-19-53)64-45-38-58(39-46-64)33-31-56-28-26-55(27-29-56)30-32-57-34-41-61(42-35-57)67-51-60(17-6-4-2)40-47-69(67)70-68-25-14-13-22-62(68)50-59-20-11-8-12-21-59/h7-15,18-47,51-52,70H,3-6,16-17,48-50H2,1-2H3/b32-30+,33-31+. The van der Waals surface area contributed by atoms with Crippen LogP contribution in [0.3, 0.4) is 0 Å². The van der Waals surface area contributed by atoms with Crippen LogP contribution in [0.4, 0.5) is 28.4 Å². The van der Waals surface area contributed by atoms with Crippen LogP contribution in [0.5, 0.6) is 0 Å². The van der Waals surface area contributed by atoms with Crippen LogP contribution in [0.25, 0.3) is 35.4 Å². The molecule has 3 heteroatoms. The summed E-state index contributed by atoms with van der Waals surface area (Å²) in [4.78, 5) is 3.66. The van der Waals surface area contributed by atoms with Crippen LogP contribution in [0, 0.1) is 0 Å². The number of hydrogen-bond acceptors (Lipinski definition) is 3. The van der Waals surface area contributed by atoms with Gasteiger partial charge >= 0.3 is 0 Å². The number of hydrogen-bond donors (Lipinski definition) is 1. The first-order chi connectivity index (χ1) is 35.6. The number of aryl methyl sites for hydroxylation is 3. The fourth-order valence-corrected chi connectivity index (χ4v) is 10.1. The van der Waals surface area contributed by atoms with E-state index in [4.69, 9.17) is 0 Å². The summed E-state index contributed by atoms with van der Waals surface area (Å²) in [7, 11) is 0. The van der Waals surface area contributed by atoms with Gasteiger partial charge in [-0.3, -0.25) is 0 Å². The SMILES string of the molecule is CCCCc1ccc(N(c2ccc(/C=C/c3ccc(/C=C/c4ccc(-c5cc(CCCC)ccc5Nc5ccccc5Cc5ccccc5)cc4)cc3)cc2)c2cccc(SCCc3ccccc3)c2)cc1. The maximum absolute atomic E-state index is 3.84. The molecule has 0 saturated carbocycles. The third kappa shape index (κ3) is 13.8. The quantitative estimate of drug-likeness (QED) is 0.0538. The topological polar surface area (TPSA) is 15.3 Å². The molecule has 0 amide bonds. The molecule has 0 aliphatic carbocycles. The molecule has 0 radical (unpaired) electrons. The molecule has 9 aromatic rings. The van der Waals surface area contributed by atoms with Crippen LogP contribution in [0.1, 0.15) is 89.6 Å². The van der Waals surface area contributed by atoms with Crippen LogP contribution in [0.15, 0.2) is 229 Å². The van der Waals surface area contributed by atoms with E-state index in [0.29, 0.717) is 0 Å². The Bertz CT molecular complexity index is 3140. The molecule has 0 aliphatic heterocycles. The van der Waals surface area contributed by atoms with Gasteiger partial charge in [-0.05, 0) is 155 Å². The molecule has 9 rings (SSSR count). The molecule has 0 saturated heterocycles. The Hall–Kier alpha value is -7.59. The van der Waals surface area contributed by atoms with Gasteiger partial charge in [-0.15, -0.1) is 11.8 Å². The fourth-order valence-electron chi connectivity index (χ4n) is 9.13. The minimum atomic E-state index is 0.880. The summed E-state index contributed by atoms with van der Waals surface area (Å²) >= 11 is 1.92. The second-order valence-corrected chi connectivity index (χ2v) is 19.8. The zero-order valence-electron chi connectivity index (χ0n) is 41.9. The lowest BCUT2D eigenvalue weighted by Crippen LogP contribution is -2.10. The molecule has 2 nitrogen and oxygen atoms in total. The van der Waals surface area contributed by atoms with Crippen LogP contribution in [-0.2, 0) is 25.7 Å². The summed E-state index contributed by atoms with van der Waals surface area (Å²) in [6.45, 7) is 4.52. The van der Waals surface area contributed by atoms with E-state index >= 15 is 0 Å². The molecule has 0 unspecified atom stereocenters. The van der Waals surface area contributed by atoms with Gasteiger partial charge in [0.05, 0.1) is 0 Å². The molecule has 0 bridgehead atoms. The van der Waals surface area contributed by atoms with Crippen LogP contribution < -0.4 is 10.2 Å². The van der Waals surface area contributed by atoms with Gasteiger partial charge in [0.15, 0.2) is 0 Å². The van der Waals surface area contributed by atoms with Crippen molar-refractivity contribution in [3.63, 3.8) is 0 Å². The lowest BCUT2D eigenvalue weighted by atomic mass is 9.97. The predicted octanol–water partition coefficient (Wildman–Crippen LogP) is 19.5. The number of unbranched alkanes of at least 4 members (excludes halogenated alkanes) is 2. The van der Waals surface area contributed by atoms with E-state index in [1.165, 1.54) is 91.9 Å². The van der Waals surface area contributed by atoms with Crippen LogP contribution >= 0.6 is 11.8 Å².